The van der Waals surface area contributed by atoms with Gasteiger partial charge in [0.2, 0.25) is 0 Å². The minimum atomic E-state index is -0.170. The van der Waals surface area contributed by atoms with Gasteiger partial charge in [-0.2, -0.15) is 0 Å². The number of rotatable bonds is 5. The zero-order chi connectivity index (χ0) is 18.5. The van der Waals surface area contributed by atoms with Crippen LogP contribution in [0.5, 0.6) is 5.75 Å². The first-order valence-corrected chi connectivity index (χ1v) is 8.93. The van der Waals surface area contributed by atoms with Crippen molar-refractivity contribution in [1.82, 2.24) is 10.2 Å². The summed E-state index contributed by atoms with van der Waals surface area (Å²) in [5.74, 6) is 0.564. The zero-order valence-corrected chi connectivity index (χ0v) is 15.2. The van der Waals surface area contributed by atoms with Crippen LogP contribution in [0.4, 0.5) is 0 Å². The molecule has 1 aliphatic rings. The second kappa shape index (κ2) is 8.04. The van der Waals surface area contributed by atoms with E-state index in [9.17, 15) is 9.59 Å². The molecule has 1 N–H and O–H groups in total. The predicted octanol–water partition coefficient (Wildman–Crippen LogP) is 3.10. The van der Waals surface area contributed by atoms with Gasteiger partial charge >= 0.3 is 0 Å². The monoisotopic (exact) mass is 352 g/mol. The second-order valence-corrected chi connectivity index (χ2v) is 6.56. The molecule has 3 rings (SSSR count). The molecule has 1 atom stereocenters. The lowest BCUT2D eigenvalue weighted by Gasteiger charge is -2.21. The molecule has 5 heteroatoms. The minimum absolute atomic E-state index is 0.00610. The molecule has 0 unspecified atom stereocenters. The average molecular weight is 352 g/mol. The Bertz CT molecular complexity index is 786. The maximum absolute atomic E-state index is 12.7. The lowest BCUT2D eigenvalue weighted by atomic mass is 10.0. The van der Waals surface area contributed by atoms with Crippen molar-refractivity contribution in [2.24, 2.45) is 0 Å². The summed E-state index contributed by atoms with van der Waals surface area (Å²) in [5, 5.41) is 2.52. The van der Waals surface area contributed by atoms with Gasteiger partial charge in [-0.1, -0.05) is 24.3 Å². The molecule has 1 heterocycles. The van der Waals surface area contributed by atoms with Crippen LogP contribution >= 0.6 is 0 Å². The SMILES string of the molecule is CNC(=O)COc1ccc(-c2cccc(C(=O)N3CCC[C@H]3C)c2)cc1. The Labute approximate surface area is 154 Å². The molecule has 0 saturated carbocycles. The van der Waals surface area contributed by atoms with Gasteiger partial charge in [-0.15, -0.1) is 0 Å². The second-order valence-electron chi connectivity index (χ2n) is 6.56. The van der Waals surface area contributed by atoms with Crippen LogP contribution in [0.2, 0.25) is 0 Å². The zero-order valence-electron chi connectivity index (χ0n) is 15.2. The molecule has 0 bridgehead atoms. The van der Waals surface area contributed by atoms with E-state index in [4.69, 9.17) is 4.74 Å². The summed E-state index contributed by atoms with van der Waals surface area (Å²) < 4.78 is 5.42. The number of likely N-dealkylation sites (N-methyl/N-ethyl adjacent to an activating group) is 1. The molecule has 26 heavy (non-hydrogen) atoms. The maximum atomic E-state index is 12.7. The van der Waals surface area contributed by atoms with Crippen LogP contribution in [0.25, 0.3) is 11.1 Å². The molecule has 136 valence electrons. The van der Waals surface area contributed by atoms with E-state index < -0.39 is 0 Å². The van der Waals surface area contributed by atoms with Crippen molar-refractivity contribution in [2.45, 2.75) is 25.8 Å². The maximum Gasteiger partial charge on any atom is 0.257 e. The first-order chi connectivity index (χ1) is 12.6. The van der Waals surface area contributed by atoms with E-state index in [-0.39, 0.29) is 18.4 Å². The van der Waals surface area contributed by atoms with Crippen LogP contribution in [-0.2, 0) is 4.79 Å². The summed E-state index contributed by atoms with van der Waals surface area (Å²) in [4.78, 5) is 25.9. The summed E-state index contributed by atoms with van der Waals surface area (Å²) in [6.07, 6.45) is 2.15. The van der Waals surface area contributed by atoms with Gasteiger partial charge in [0.15, 0.2) is 6.61 Å². The third-order valence-electron chi connectivity index (χ3n) is 4.76. The summed E-state index contributed by atoms with van der Waals surface area (Å²) in [5.41, 5.74) is 2.71. The van der Waals surface area contributed by atoms with Crippen LogP contribution in [0.3, 0.4) is 0 Å². The van der Waals surface area contributed by atoms with Crippen molar-refractivity contribution in [3.05, 3.63) is 54.1 Å². The van der Waals surface area contributed by atoms with Crippen LogP contribution in [0.1, 0.15) is 30.1 Å². The fourth-order valence-corrected chi connectivity index (χ4v) is 3.20. The number of amides is 2. The van der Waals surface area contributed by atoms with Crippen molar-refractivity contribution in [2.75, 3.05) is 20.2 Å². The quantitative estimate of drug-likeness (QED) is 0.899. The van der Waals surface area contributed by atoms with Gasteiger partial charge in [-0.25, -0.2) is 0 Å². The van der Waals surface area contributed by atoms with Gasteiger partial charge < -0.3 is 15.0 Å². The third kappa shape index (κ3) is 4.04. The third-order valence-corrected chi connectivity index (χ3v) is 4.76. The number of nitrogens with zero attached hydrogens (tertiary/aromatic N) is 1. The molecule has 2 aromatic rings. The van der Waals surface area contributed by atoms with Crippen molar-refractivity contribution < 1.29 is 14.3 Å². The van der Waals surface area contributed by atoms with Crippen molar-refractivity contribution in [3.63, 3.8) is 0 Å². The molecule has 0 aromatic heterocycles. The van der Waals surface area contributed by atoms with Crippen molar-refractivity contribution >= 4 is 11.8 Å². The summed E-state index contributed by atoms with van der Waals surface area (Å²) in [7, 11) is 1.58. The highest BCUT2D eigenvalue weighted by Gasteiger charge is 2.25. The molecule has 2 aromatic carbocycles. The number of nitrogens with one attached hydrogen (secondary N) is 1. The number of carbonyl (C=O) groups excluding carboxylic acids is 2. The summed E-state index contributed by atoms with van der Waals surface area (Å²) in [6.45, 7) is 2.93. The van der Waals surface area contributed by atoms with Crippen LogP contribution < -0.4 is 10.1 Å². The van der Waals surface area contributed by atoms with Gasteiger partial charge in [-0.05, 0) is 55.2 Å². The molecule has 0 spiro atoms. The number of ether oxygens (including phenoxy) is 1. The van der Waals surface area contributed by atoms with Crippen LogP contribution in [0.15, 0.2) is 48.5 Å². The highest BCUT2D eigenvalue weighted by Crippen LogP contribution is 2.25. The first kappa shape index (κ1) is 18.0. The Hall–Kier alpha value is -2.82. The van der Waals surface area contributed by atoms with Gasteiger partial charge in [0.25, 0.3) is 11.8 Å². The Kier molecular flexibility index (Phi) is 5.56. The highest BCUT2D eigenvalue weighted by atomic mass is 16.5. The normalized spacial score (nSPS) is 16.4. The molecule has 1 saturated heterocycles. The molecule has 0 aliphatic carbocycles. The summed E-state index contributed by atoms with van der Waals surface area (Å²) in [6, 6.07) is 15.5. The van der Waals surface area contributed by atoms with Gasteiger partial charge in [-0.3, -0.25) is 9.59 Å². The van der Waals surface area contributed by atoms with E-state index >= 15 is 0 Å². The number of likely N-dealkylation sites (tertiary alicyclic amines) is 1. The molecule has 1 fully saturated rings. The predicted molar refractivity (Wildman–Crippen MR) is 101 cm³/mol. The van der Waals surface area contributed by atoms with Crippen molar-refractivity contribution in [1.29, 1.82) is 0 Å². The summed E-state index contributed by atoms with van der Waals surface area (Å²) >= 11 is 0. The minimum Gasteiger partial charge on any atom is -0.484 e. The van der Waals surface area contributed by atoms with E-state index in [1.165, 1.54) is 0 Å². The topological polar surface area (TPSA) is 58.6 Å². The Morgan fingerprint density at radius 1 is 1.15 bits per heavy atom. The number of hydrogen-bond acceptors (Lipinski definition) is 3. The van der Waals surface area contributed by atoms with Crippen LogP contribution in [0, 0.1) is 0 Å². The van der Waals surface area contributed by atoms with E-state index in [2.05, 4.69) is 12.2 Å². The Morgan fingerprint density at radius 2 is 1.92 bits per heavy atom. The largest absolute Gasteiger partial charge is 0.484 e. The number of hydrogen-bond donors (Lipinski definition) is 1. The van der Waals surface area contributed by atoms with Crippen molar-refractivity contribution in [3.8, 4) is 16.9 Å². The van der Waals surface area contributed by atoms with E-state index in [0.29, 0.717) is 11.8 Å². The Balaban J connectivity index is 1.73. The average Bonchev–Trinajstić information content (AvgIpc) is 3.12. The molecular weight excluding hydrogens is 328 g/mol. The van der Waals surface area contributed by atoms with E-state index in [1.807, 2.05) is 53.4 Å². The van der Waals surface area contributed by atoms with Gasteiger partial charge in [0, 0.05) is 25.2 Å². The van der Waals surface area contributed by atoms with E-state index in [0.717, 1.165) is 36.1 Å². The number of benzene rings is 2. The fourth-order valence-electron chi connectivity index (χ4n) is 3.20. The molecular formula is C21H24N2O3. The molecule has 2 amide bonds. The molecule has 1 aliphatic heterocycles. The van der Waals surface area contributed by atoms with Gasteiger partial charge in [0.05, 0.1) is 0 Å². The first-order valence-electron chi connectivity index (χ1n) is 8.93. The smallest absolute Gasteiger partial charge is 0.257 e. The molecule has 0 radical (unpaired) electrons. The lowest BCUT2D eigenvalue weighted by molar-refractivity contribution is -0.122. The number of carbonyl (C=O) groups is 2. The lowest BCUT2D eigenvalue weighted by Crippen LogP contribution is -2.33. The van der Waals surface area contributed by atoms with E-state index in [1.54, 1.807) is 7.05 Å². The van der Waals surface area contributed by atoms with Crippen LogP contribution in [-0.4, -0.2) is 43.0 Å². The standard InChI is InChI=1S/C21H24N2O3/c1-15-5-4-12-23(15)21(25)18-7-3-6-17(13-18)16-8-10-19(11-9-16)26-14-20(24)22-2/h3,6-11,13,15H,4-5,12,14H2,1-2H3,(H,22,24)/t15-/m1/s1. The molecule has 5 nitrogen and oxygen atoms in total. The Morgan fingerprint density at radius 3 is 2.58 bits per heavy atom. The fraction of sp³-hybridized carbons (Fsp3) is 0.333. The highest BCUT2D eigenvalue weighted by molar-refractivity contribution is 5.95. The van der Waals surface area contributed by atoms with Gasteiger partial charge in [0.1, 0.15) is 5.75 Å².